The van der Waals surface area contributed by atoms with Gasteiger partial charge in [0.05, 0.1) is 0 Å². The van der Waals surface area contributed by atoms with Crippen molar-refractivity contribution in [1.29, 1.82) is 0 Å². The minimum atomic E-state index is 0. The van der Waals surface area contributed by atoms with E-state index in [-0.39, 0.29) is 24.0 Å². The largest absolute Gasteiger partial charge is 0.355 e. The summed E-state index contributed by atoms with van der Waals surface area (Å²) in [5.74, 6) is 2.26. The summed E-state index contributed by atoms with van der Waals surface area (Å²) in [7, 11) is 1.86. The minimum Gasteiger partial charge on any atom is -0.355 e. The number of nitrogens with one attached hydrogen (secondary N) is 2. The second-order valence-electron chi connectivity index (χ2n) is 6.16. The Balaban J connectivity index is 0.00000220. The monoisotopic (exact) mass is 426 g/mol. The maximum absolute atomic E-state index is 4.33. The van der Waals surface area contributed by atoms with Crippen LogP contribution in [0.15, 0.2) is 4.99 Å². The molecule has 0 saturated carbocycles. The van der Waals surface area contributed by atoms with Crippen LogP contribution in [0.25, 0.3) is 0 Å². The Hall–Kier alpha value is 0.310. The highest BCUT2D eigenvalue weighted by Gasteiger charge is 2.29. The molecule has 0 aliphatic carbocycles. The van der Waals surface area contributed by atoms with Gasteiger partial charge in [-0.3, -0.25) is 4.99 Å². The first-order chi connectivity index (χ1) is 9.72. The molecule has 0 spiro atoms. The molecule has 1 atom stereocenters. The molecule has 0 aromatic carbocycles. The van der Waals surface area contributed by atoms with Crippen molar-refractivity contribution in [3.8, 4) is 0 Å². The van der Waals surface area contributed by atoms with Gasteiger partial charge in [-0.15, -0.1) is 24.0 Å². The summed E-state index contributed by atoms with van der Waals surface area (Å²) >= 11 is 2.09. The third-order valence-electron chi connectivity index (χ3n) is 4.32. The average molecular weight is 426 g/mol. The van der Waals surface area contributed by atoms with Crippen LogP contribution in [0.2, 0.25) is 0 Å². The van der Waals surface area contributed by atoms with Crippen molar-refractivity contribution in [2.75, 3.05) is 45.5 Å². The van der Waals surface area contributed by atoms with Crippen molar-refractivity contribution < 1.29 is 0 Å². The van der Waals surface area contributed by atoms with E-state index >= 15 is 0 Å². The number of thioether (sulfide) groups is 1. The fraction of sp³-hybridized carbons (Fsp3) is 0.933. The van der Waals surface area contributed by atoms with Crippen LogP contribution in [0.4, 0.5) is 0 Å². The number of guanidine groups is 1. The van der Waals surface area contributed by atoms with Crippen LogP contribution in [-0.4, -0.2) is 61.1 Å². The lowest BCUT2D eigenvalue weighted by molar-refractivity contribution is 0.232. The van der Waals surface area contributed by atoms with E-state index in [0.717, 1.165) is 25.6 Å². The number of likely N-dealkylation sites (tertiary alicyclic amines) is 1. The van der Waals surface area contributed by atoms with Gasteiger partial charge in [-0.25, -0.2) is 0 Å². The number of aliphatic imine (C=N–C) groups is 1. The molecule has 2 aliphatic rings. The van der Waals surface area contributed by atoms with Gasteiger partial charge in [0.1, 0.15) is 0 Å². The van der Waals surface area contributed by atoms with Crippen LogP contribution in [0.3, 0.4) is 0 Å². The van der Waals surface area contributed by atoms with Gasteiger partial charge in [-0.05, 0) is 51.4 Å². The number of rotatable bonds is 5. The van der Waals surface area contributed by atoms with Crippen LogP contribution < -0.4 is 10.6 Å². The highest BCUT2D eigenvalue weighted by Crippen LogP contribution is 2.36. The number of nitrogens with zero attached hydrogens (tertiary/aromatic N) is 2. The van der Waals surface area contributed by atoms with Crippen molar-refractivity contribution >= 4 is 41.7 Å². The van der Waals surface area contributed by atoms with Gasteiger partial charge in [0.15, 0.2) is 5.96 Å². The van der Waals surface area contributed by atoms with Gasteiger partial charge in [0.25, 0.3) is 0 Å². The van der Waals surface area contributed by atoms with Gasteiger partial charge < -0.3 is 15.5 Å². The smallest absolute Gasteiger partial charge is 0.191 e. The zero-order valence-corrected chi connectivity index (χ0v) is 16.6. The molecule has 0 aromatic heterocycles. The first-order valence-electron chi connectivity index (χ1n) is 8.03. The van der Waals surface area contributed by atoms with Crippen LogP contribution in [0, 0.1) is 0 Å². The van der Waals surface area contributed by atoms with E-state index in [1.54, 1.807) is 0 Å². The number of hydrogen-bond acceptors (Lipinski definition) is 3. The lowest BCUT2D eigenvalue weighted by atomic mass is 10.1. The van der Waals surface area contributed by atoms with Gasteiger partial charge >= 0.3 is 0 Å². The Morgan fingerprint density at radius 2 is 1.95 bits per heavy atom. The molecule has 0 aromatic rings. The molecule has 2 heterocycles. The molecular weight excluding hydrogens is 395 g/mol. The van der Waals surface area contributed by atoms with Crippen LogP contribution in [0.1, 0.15) is 39.0 Å². The Kier molecular flexibility index (Phi) is 9.36. The second kappa shape index (κ2) is 10.2. The molecule has 2 aliphatic heterocycles. The van der Waals surface area contributed by atoms with E-state index in [9.17, 15) is 0 Å². The standard InChI is InChI=1S/C15H30N4S.HI/c1-15(7-6-12-20-15)13-18-14(16-2)17-8-11-19-9-4-3-5-10-19;/h3-13H2,1-2H3,(H2,16,17,18);1H. The molecule has 6 heteroatoms. The van der Waals surface area contributed by atoms with E-state index in [2.05, 4.69) is 39.2 Å². The van der Waals surface area contributed by atoms with E-state index < -0.39 is 0 Å². The average Bonchev–Trinajstić information content (AvgIpc) is 2.91. The summed E-state index contributed by atoms with van der Waals surface area (Å²) in [4.78, 5) is 6.88. The van der Waals surface area contributed by atoms with Gasteiger partial charge in [-0.2, -0.15) is 11.8 Å². The summed E-state index contributed by atoms with van der Waals surface area (Å²) in [6, 6.07) is 0. The lowest BCUT2D eigenvalue weighted by Crippen LogP contribution is -2.46. The zero-order valence-electron chi connectivity index (χ0n) is 13.5. The maximum atomic E-state index is 4.33. The number of piperidine rings is 1. The summed E-state index contributed by atoms with van der Waals surface area (Å²) in [6.07, 6.45) is 6.80. The van der Waals surface area contributed by atoms with Crippen molar-refractivity contribution in [2.45, 2.75) is 43.8 Å². The summed E-state index contributed by atoms with van der Waals surface area (Å²) in [6.45, 7) is 8.03. The second-order valence-corrected chi connectivity index (χ2v) is 7.84. The highest BCUT2D eigenvalue weighted by molar-refractivity contribution is 14.0. The van der Waals surface area contributed by atoms with Crippen molar-refractivity contribution in [3.63, 3.8) is 0 Å². The quantitative estimate of drug-likeness (QED) is 0.403. The Morgan fingerprint density at radius 3 is 2.57 bits per heavy atom. The third-order valence-corrected chi connectivity index (χ3v) is 5.86. The fourth-order valence-electron chi connectivity index (χ4n) is 2.98. The van der Waals surface area contributed by atoms with E-state index in [1.807, 2.05) is 7.05 Å². The summed E-state index contributed by atoms with van der Waals surface area (Å²) in [5, 5.41) is 6.93. The van der Waals surface area contributed by atoms with Gasteiger partial charge in [0.2, 0.25) is 0 Å². The van der Waals surface area contributed by atoms with E-state index in [4.69, 9.17) is 0 Å². The number of halogens is 1. The molecule has 2 N–H and O–H groups in total. The molecule has 0 bridgehead atoms. The van der Waals surface area contributed by atoms with Crippen LogP contribution in [-0.2, 0) is 0 Å². The maximum Gasteiger partial charge on any atom is 0.191 e. The predicted molar refractivity (Wildman–Crippen MR) is 105 cm³/mol. The molecular formula is C15H31IN4S. The topological polar surface area (TPSA) is 39.7 Å². The Labute approximate surface area is 151 Å². The molecule has 2 rings (SSSR count). The van der Waals surface area contributed by atoms with Gasteiger partial charge in [-0.1, -0.05) is 6.42 Å². The Bertz CT molecular complexity index is 313. The molecule has 0 radical (unpaired) electrons. The lowest BCUT2D eigenvalue weighted by Gasteiger charge is -2.27. The Morgan fingerprint density at radius 1 is 1.19 bits per heavy atom. The molecule has 124 valence electrons. The zero-order chi connectivity index (χ0) is 14.3. The number of hydrogen-bond donors (Lipinski definition) is 2. The molecule has 0 amide bonds. The SMILES string of the molecule is CN=C(NCCN1CCCCC1)NCC1(C)CCCS1.I. The normalized spacial score (nSPS) is 27.2. The van der Waals surface area contributed by atoms with Crippen molar-refractivity contribution in [1.82, 2.24) is 15.5 Å². The molecule has 1 unspecified atom stereocenters. The fourth-order valence-corrected chi connectivity index (χ4v) is 4.23. The summed E-state index contributed by atoms with van der Waals surface area (Å²) < 4.78 is 0.393. The third kappa shape index (κ3) is 6.95. The molecule has 2 fully saturated rings. The van der Waals surface area contributed by atoms with Crippen LogP contribution in [0.5, 0.6) is 0 Å². The molecule has 4 nitrogen and oxygen atoms in total. The van der Waals surface area contributed by atoms with Gasteiger partial charge in [0, 0.05) is 31.4 Å². The van der Waals surface area contributed by atoms with Crippen molar-refractivity contribution in [3.05, 3.63) is 0 Å². The first kappa shape index (κ1) is 19.4. The first-order valence-corrected chi connectivity index (χ1v) is 9.01. The van der Waals surface area contributed by atoms with Crippen molar-refractivity contribution in [2.24, 2.45) is 4.99 Å². The van der Waals surface area contributed by atoms with E-state index in [0.29, 0.717) is 4.75 Å². The highest BCUT2D eigenvalue weighted by atomic mass is 127. The summed E-state index contributed by atoms with van der Waals surface area (Å²) in [5.41, 5.74) is 0. The van der Waals surface area contributed by atoms with E-state index in [1.165, 1.54) is 50.9 Å². The predicted octanol–water partition coefficient (Wildman–Crippen LogP) is 2.54. The van der Waals surface area contributed by atoms with Crippen LogP contribution >= 0.6 is 35.7 Å². The molecule has 2 saturated heterocycles. The minimum absolute atomic E-state index is 0. The molecule has 21 heavy (non-hydrogen) atoms.